The summed E-state index contributed by atoms with van der Waals surface area (Å²) >= 11 is 0. The number of pyridine rings is 1. The van der Waals surface area contributed by atoms with E-state index in [1.54, 1.807) is 5.19 Å². The molecule has 212 valence electrons. The van der Waals surface area contributed by atoms with Gasteiger partial charge in [-0.2, -0.15) is 0 Å². The number of aromatic nitrogens is 1. The van der Waals surface area contributed by atoms with E-state index >= 15 is 0 Å². The molecule has 0 radical (unpaired) electrons. The molecule has 0 aliphatic carbocycles. The minimum absolute atomic E-state index is 0.462. The maximum Gasteiger partial charge on any atom is 0.220 e. The smallest absolute Gasteiger partial charge is 0.200 e. The van der Waals surface area contributed by atoms with E-state index in [0.717, 1.165) is 17.8 Å². The first kappa shape index (κ1) is 30.3. The highest BCUT2D eigenvalue weighted by atomic mass is 28.3. The minimum atomic E-state index is -1.68. The van der Waals surface area contributed by atoms with Gasteiger partial charge in [0.2, 0.25) is 5.69 Å². The van der Waals surface area contributed by atoms with E-state index in [1.165, 1.54) is 62.4 Å². The molecule has 40 heavy (non-hydrogen) atoms. The largest absolute Gasteiger partial charge is 0.220 e. The van der Waals surface area contributed by atoms with E-state index in [-0.39, 0.29) is 0 Å². The molecule has 0 aliphatic heterocycles. The molecule has 1 heterocycles. The molecule has 4 rings (SSSR count). The van der Waals surface area contributed by atoms with Crippen LogP contribution in [0, 0.1) is 24.7 Å². The molecule has 0 spiro atoms. The van der Waals surface area contributed by atoms with Gasteiger partial charge in [-0.15, -0.1) is 0 Å². The van der Waals surface area contributed by atoms with Crippen LogP contribution in [0.3, 0.4) is 0 Å². The highest BCUT2D eigenvalue weighted by molar-refractivity contribution is 6.92. The van der Waals surface area contributed by atoms with Crippen LogP contribution in [0.25, 0.3) is 33.2 Å². The third-order valence-electron chi connectivity index (χ3n) is 8.58. The van der Waals surface area contributed by atoms with Gasteiger partial charge in [-0.1, -0.05) is 127 Å². The summed E-state index contributed by atoms with van der Waals surface area (Å²) in [5.74, 6) is 2.63. The van der Waals surface area contributed by atoms with Crippen LogP contribution in [0.1, 0.15) is 72.4 Å². The van der Waals surface area contributed by atoms with Crippen molar-refractivity contribution in [1.82, 2.24) is 0 Å². The van der Waals surface area contributed by atoms with Gasteiger partial charge in [0.25, 0.3) is 0 Å². The van der Waals surface area contributed by atoms with Crippen LogP contribution >= 0.6 is 0 Å². The summed E-state index contributed by atoms with van der Waals surface area (Å²) in [4.78, 5) is 0. The van der Waals surface area contributed by atoms with E-state index in [0.29, 0.717) is 5.92 Å². The lowest BCUT2D eigenvalue weighted by Crippen LogP contribution is -2.50. The first-order chi connectivity index (χ1) is 18.9. The molecule has 0 fully saturated rings. The van der Waals surface area contributed by atoms with E-state index in [4.69, 9.17) is 0 Å². The Labute approximate surface area is 245 Å². The summed E-state index contributed by atoms with van der Waals surface area (Å²) in [5.41, 5.74) is 8.08. The summed E-state index contributed by atoms with van der Waals surface area (Å²) in [7, 11) is 0.527. The van der Waals surface area contributed by atoms with Gasteiger partial charge in [0.05, 0.1) is 19.0 Å². The first-order valence-electron chi connectivity index (χ1n) is 15.5. The molecule has 0 bridgehead atoms. The Bertz CT molecular complexity index is 1420. The predicted molar refractivity (Wildman–Crippen MR) is 179 cm³/mol. The van der Waals surface area contributed by atoms with Gasteiger partial charge in [0.1, 0.15) is 7.05 Å². The lowest BCUT2D eigenvalue weighted by molar-refractivity contribution is -0.659. The molecule has 0 amide bonds. The molecule has 0 saturated carbocycles. The van der Waals surface area contributed by atoms with Gasteiger partial charge in [-0.05, 0) is 70.4 Å². The highest BCUT2D eigenvalue weighted by Crippen LogP contribution is 2.37. The van der Waals surface area contributed by atoms with Gasteiger partial charge in [-0.25, -0.2) is 4.57 Å². The van der Waals surface area contributed by atoms with Crippen molar-refractivity contribution in [3.05, 3.63) is 84.1 Å². The third kappa shape index (κ3) is 6.44. The van der Waals surface area contributed by atoms with Crippen LogP contribution in [-0.4, -0.2) is 8.07 Å². The van der Waals surface area contributed by atoms with Gasteiger partial charge in [0, 0.05) is 6.07 Å². The highest BCUT2D eigenvalue weighted by Gasteiger charge is 2.37. The van der Waals surface area contributed by atoms with Gasteiger partial charge in [-0.3, -0.25) is 0 Å². The van der Waals surface area contributed by atoms with E-state index < -0.39 is 8.07 Å². The number of fused-ring (bicyclic) bond motifs is 1. The molecule has 1 aromatic heterocycles. The summed E-state index contributed by atoms with van der Waals surface area (Å²) in [6.45, 7) is 21.5. The monoisotopic (exact) mass is 550 g/mol. The molecule has 3 aromatic carbocycles. The Kier molecular flexibility index (Phi) is 9.40. The minimum Gasteiger partial charge on any atom is -0.200 e. The Hall–Kier alpha value is -2.71. The zero-order valence-corrected chi connectivity index (χ0v) is 27.8. The molecule has 0 aliphatic rings. The second kappa shape index (κ2) is 12.4. The van der Waals surface area contributed by atoms with Crippen LogP contribution in [0.2, 0.25) is 18.1 Å². The maximum absolute atomic E-state index is 2.60. The number of aryl methyl sites for hydroxylation is 1. The summed E-state index contributed by atoms with van der Waals surface area (Å²) in [5, 5.41) is 4.40. The molecule has 4 aromatic rings. The van der Waals surface area contributed by atoms with Crippen LogP contribution in [0.4, 0.5) is 0 Å². The van der Waals surface area contributed by atoms with Crippen molar-refractivity contribution in [3.63, 3.8) is 0 Å². The Morgan fingerprint density at radius 2 is 1.27 bits per heavy atom. The Morgan fingerprint density at radius 3 is 1.82 bits per heavy atom. The number of benzene rings is 3. The Morgan fingerprint density at radius 1 is 0.675 bits per heavy atom. The van der Waals surface area contributed by atoms with Crippen molar-refractivity contribution in [1.29, 1.82) is 0 Å². The van der Waals surface area contributed by atoms with Crippen molar-refractivity contribution in [2.45, 2.75) is 86.4 Å². The van der Waals surface area contributed by atoms with Gasteiger partial charge in [0.15, 0.2) is 6.20 Å². The fraction of sp³-hybridized carbons (Fsp3) is 0.447. The normalized spacial score (nSPS) is 12.4. The van der Waals surface area contributed by atoms with Gasteiger partial charge < -0.3 is 0 Å². The lowest BCUT2D eigenvalue weighted by Gasteiger charge is -2.37. The summed E-state index contributed by atoms with van der Waals surface area (Å²) in [6, 6.07) is 29.7. The van der Waals surface area contributed by atoms with Crippen LogP contribution in [0.15, 0.2) is 72.9 Å². The summed E-state index contributed by atoms with van der Waals surface area (Å²) in [6.07, 6.45) is 2.28. The van der Waals surface area contributed by atoms with Crippen LogP contribution in [0.5, 0.6) is 0 Å². The number of hydrogen-bond acceptors (Lipinski definition) is 0. The number of rotatable bonds is 10. The zero-order chi connectivity index (χ0) is 29.2. The fourth-order valence-corrected chi connectivity index (χ4v) is 14.2. The molecular formula is C38H52NSi+. The van der Waals surface area contributed by atoms with Crippen molar-refractivity contribution >= 4 is 24.0 Å². The molecule has 0 saturated heterocycles. The third-order valence-corrected chi connectivity index (χ3v) is 14.9. The van der Waals surface area contributed by atoms with E-state index in [9.17, 15) is 0 Å². The van der Waals surface area contributed by atoms with Crippen LogP contribution in [-0.2, 0) is 7.05 Å². The second-order valence-corrected chi connectivity index (χ2v) is 18.3. The first-order valence-corrected chi connectivity index (χ1v) is 18.2. The summed E-state index contributed by atoms with van der Waals surface area (Å²) < 4.78 is 2.34. The zero-order valence-electron chi connectivity index (χ0n) is 26.8. The molecule has 0 atom stereocenters. The average Bonchev–Trinajstić information content (AvgIpc) is 2.88. The molecule has 0 N–H and O–H groups in total. The van der Waals surface area contributed by atoms with E-state index in [2.05, 4.69) is 147 Å². The topological polar surface area (TPSA) is 3.88 Å². The molecular weight excluding hydrogens is 499 g/mol. The van der Waals surface area contributed by atoms with Gasteiger partial charge >= 0.3 is 0 Å². The average molecular weight is 551 g/mol. The fourth-order valence-electron chi connectivity index (χ4n) is 7.37. The molecule has 2 heteroatoms. The van der Waals surface area contributed by atoms with Crippen molar-refractivity contribution < 1.29 is 4.57 Å². The van der Waals surface area contributed by atoms with Crippen molar-refractivity contribution in [2.24, 2.45) is 24.8 Å². The Balaban J connectivity index is 1.97. The standard InChI is InChI=1S/C38H52NSi/c1-26(2)23-40(24-27(3)4,25-28(5)6)34-16-17-35-32(20-34)18-19-39(10)38(35)37-22-33(31-14-12-11-13-15-31)21-36(29(7)8)30(37)9/h11-22,26-29H,23-25H2,1-10H3/q+1. The van der Waals surface area contributed by atoms with Crippen molar-refractivity contribution in [2.75, 3.05) is 0 Å². The van der Waals surface area contributed by atoms with Crippen molar-refractivity contribution in [3.8, 4) is 22.4 Å². The number of nitrogens with zero attached hydrogens (tertiary/aromatic N) is 1. The second-order valence-electron chi connectivity index (χ2n) is 13.9. The molecule has 0 unspecified atom stereocenters. The predicted octanol–water partition coefficient (Wildman–Crippen LogP) is 10.1. The SMILES string of the molecule is Cc1c(-c2c3ccc([Si](CC(C)C)(CC(C)C)CC(C)C)cc3cc[n+]2C)cc(-c2ccccc2)cc1C(C)C. The maximum atomic E-state index is 2.60. The quantitative estimate of drug-likeness (QED) is 0.137. The number of hydrogen-bond donors (Lipinski definition) is 0. The lowest BCUT2D eigenvalue weighted by atomic mass is 9.87. The van der Waals surface area contributed by atoms with Crippen LogP contribution < -0.4 is 9.75 Å². The van der Waals surface area contributed by atoms with E-state index in [1.807, 2.05) is 0 Å². The molecule has 1 nitrogen and oxygen atoms in total.